The van der Waals surface area contributed by atoms with Crippen LogP contribution in [0.15, 0.2) is 146 Å². The molecule has 2 aromatic carbocycles. The van der Waals surface area contributed by atoms with Gasteiger partial charge in [-0.05, 0) is 136 Å². The Labute approximate surface area is 443 Å². The molecule has 0 amide bonds. The second-order valence-electron chi connectivity index (χ2n) is 14.6. The minimum atomic E-state index is -0.963. The van der Waals surface area contributed by atoms with Gasteiger partial charge in [-0.2, -0.15) is 19.9 Å². The first-order chi connectivity index (χ1) is 34.9. The molecule has 370 valence electrons. The predicted octanol–water partition coefficient (Wildman–Crippen LogP) is 11.0. The van der Waals surface area contributed by atoms with Crippen molar-refractivity contribution in [1.82, 2.24) is 19.9 Å². The standard InChI is InChI=1S/C40H38N4O4.C11H8N2O2.2CNS.CO2.Ru/c1-5-43(6-2)33-15-13-29-23-31(39(45)47-37(29)25-33)11-9-27-17-19-41-35(21-27)36-22-28(18-20-42-36)10-12-32-24-30-14-16-34(44(7-3)8-4)26-38(30)48-40(32)46;14-11(15)8-4-6-13-10(7-8)9-3-1-2-5-12-9;3*2-1-3;/h9-26H,5-8H2,1-4H3;1-7H,(H,14,15);;;;/q;;2*-1;;+2/b11-9+,12-10+;;;;;. The van der Waals surface area contributed by atoms with Crippen LogP contribution in [0.5, 0.6) is 0 Å². The molecule has 6 heterocycles. The van der Waals surface area contributed by atoms with Crippen molar-refractivity contribution >= 4 is 104 Å². The molecule has 0 fully saturated rings. The summed E-state index contributed by atoms with van der Waals surface area (Å²) in [6.07, 6.45) is 14.0. The van der Waals surface area contributed by atoms with Gasteiger partial charge in [0, 0.05) is 85.2 Å². The molecule has 0 aliphatic rings. The molecule has 0 atom stereocenters. The monoisotopic (exact) mass is 1100 g/mol. The molecule has 73 heavy (non-hydrogen) atoms. The Morgan fingerprint density at radius 1 is 0.575 bits per heavy atom. The molecule has 8 aromatic rings. The number of aromatic nitrogens is 4. The van der Waals surface area contributed by atoms with E-state index in [4.69, 9.17) is 34.3 Å². The zero-order valence-corrected chi connectivity index (χ0v) is 43.2. The van der Waals surface area contributed by atoms with E-state index in [1.54, 1.807) is 42.9 Å². The number of carbonyl (C=O) groups is 1. The fourth-order valence-electron chi connectivity index (χ4n) is 7.01. The maximum Gasteiger partial charge on any atom is 2.00 e. The fraction of sp³-hybridized carbons (Fsp3) is 0.148. The summed E-state index contributed by atoms with van der Waals surface area (Å²) in [4.78, 5) is 74.3. The van der Waals surface area contributed by atoms with E-state index in [1.807, 2.05) is 91.0 Å². The van der Waals surface area contributed by atoms with E-state index in [2.05, 4.69) is 81.9 Å². The molecule has 6 aromatic heterocycles. The second-order valence-corrected chi connectivity index (χ2v) is 15.0. The number of benzene rings is 2. The second kappa shape index (κ2) is 31.1. The van der Waals surface area contributed by atoms with E-state index < -0.39 is 17.2 Å². The molecule has 0 saturated heterocycles. The predicted molar refractivity (Wildman–Crippen MR) is 289 cm³/mol. The van der Waals surface area contributed by atoms with Crippen molar-refractivity contribution in [3.8, 4) is 22.8 Å². The van der Waals surface area contributed by atoms with Crippen LogP contribution in [-0.2, 0) is 29.1 Å². The smallest absolute Gasteiger partial charge is 0.753 e. The zero-order chi connectivity index (χ0) is 52.4. The number of thiocarbonyl (C=S) groups is 2. The number of nitrogens with zero attached hydrogens (tertiary/aromatic N) is 8. The van der Waals surface area contributed by atoms with Crippen LogP contribution >= 0.6 is 24.4 Å². The van der Waals surface area contributed by atoms with Crippen LogP contribution in [-0.4, -0.2) is 73.7 Å². The normalized spacial score (nSPS) is 10.0. The van der Waals surface area contributed by atoms with Crippen molar-refractivity contribution in [3.63, 3.8) is 0 Å². The Morgan fingerprint density at radius 2 is 0.973 bits per heavy atom. The van der Waals surface area contributed by atoms with E-state index in [1.165, 1.54) is 28.7 Å². The molecule has 16 nitrogen and oxygen atoms in total. The number of anilines is 2. The van der Waals surface area contributed by atoms with E-state index in [0.29, 0.717) is 45.1 Å². The molecule has 0 radical (unpaired) electrons. The summed E-state index contributed by atoms with van der Waals surface area (Å²) in [5.74, 6) is -0.963. The van der Waals surface area contributed by atoms with Crippen LogP contribution in [0.3, 0.4) is 0 Å². The molecule has 8 rings (SSSR count). The van der Waals surface area contributed by atoms with Gasteiger partial charge in [-0.25, -0.2) is 14.4 Å². The van der Waals surface area contributed by atoms with Crippen molar-refractivity contribution in [2.75, 3.05) is 36.0 Å². The topological polar surface area (TPSA) is 234 Å². The molecule has 0 aliphatic heterocycles. The number of pyridine rings is 4. The number of hydrogen-bond donors (Lipinski definition) is 1. The number of rotatable bonds is 13. The van der Waals surface area contributed by atoms with Gasteiger partial charge in [-0.3, -0.25) is 19.9 Å². The summed E-state index contributed by atoms with van der Waals surface area (Å²) < 4.78 is 11.4. The van der Waals surface area contributed by atoms with E-state index in [0.717, 1.165) is 59.5 Å². The van der Waals surface area contributed by atoms with Crippen LogP contribution in [0.25, 0.3) is 79.8 Å². The van der Waals surface area contributed by atoms with Gasteiger partial charge in [0.15, 0.2) is 0 Å². The number of carbonyl (C=O) groups excluding carboxylic acids is 2. The summed E-state index contributed by atoms with van der Waals surface area (Å²) >= 11 is 7.40. The van der Waals surface area contributed by atoms with E-state index in [-0.39, 0.29) is 31.2 Å². The SMILES string of the molecule is CCN(CC)c1ccc2cc(/C=C/c3ccnc(-c4cc(/C=C/c5cc6ccc(N(CC)CC)cc6oc5=O)ccn4)c3)c(=O)oc2c1.O=C(O)c1ccnc(-c2ccccn2)c1.O=C=O.[N-]=C=S.[N-]=C=S.[Ru+2]. The Hall–Kier alpha value is -8.39. The van der Waals surface area contributed by atoms with Crippen LogP contribution in [0, 0.1) is 0 Å². The first-order valence-corrected chi connectivity index (χ1v) is 22.8. The van der Waals surface area contributed by atoms with Gasteiger partial charge in [-0.1, -0.05) is 42.7 Å². The Bertz CT molecular complexity index is 3210. The van der Waals surface area contributed by atoms with Crippen LogP contribution in [0.4, 0.5) is 11.4 Å². The summed E-state index contributed by atoms with van der Waals surface area (Å²) in [5.41, 5.74) is 7.85. The largest absolute Gasteiger partial charge is 2.00 e. The minimum absolute atomic E-state index is 0. The van der Waals surface area contributed by atoms with Gasteiger partial charge < -0.3 is 34.6 Å². The molecule has 0 unspecified atom stereocenters. The van der Waals surface area contributed by atoms with Crippen LogP contribution in [0.2, 0.25) is 0 Å². The molecule has 0 bridgehead atoms. The minimum Gasteiger partial charge on any atom is -0.753 e. The maximum atomic E-state index is 12.8. The van der Waals surface area contributed by atoms with Crippen molar-refractivity contribution in [2.24, 2.45) is 0 Å². The first-order valence-electron chi connectivity index (χ1n) is 22.0. The quantitative estimate of drug-likeness (QED) is 0.0489. The Morgan fingerprint density at radius 3 is 1.36 bits per heavy atom. The molecular formula is C54H46N8O8RuS2. The Kier molecular flexibility index (Phi) is 25.1. The van der Waals surface area contributed by atoms with Crippen molar-refractivity contribution < 1.29 is 47.8 Å². The van der Waals surface area contributed by atoms with Crippen molar-refractivity contribution in [2.45, 2.75) is 27.7 Å². The molecule has 19 heteroatoms. The summed E-state index contributed by atoms with van der Waals surface area (Å²) in [6, 6.07) is 31.5. The van der Waals surface area contributed by atoms with Crippen LogP contribution in [0.1, 0.15) is 60.3 Å². The van der Waals surface area contributed by atoms with Gasteiger partial charge in [0.05, 0.1) is 39.5 Å². The molecule has 0 saturated carbocycles. The van der Waals surface area contributed by atoms with Crippen molar-refractivity contribution in [1.29, 1.82) is 0 Å². The van der Waals surface area contributed by atoms with E-state index in [9.17, 15) is 14.4 Å². The maximum absolute atomic E-state index is 12.8. The number of carboxylic acids is 1. The van der Waals surface area contributed by atoms with Gasteiger partial charge in [-0.15, -0.1) is 0 Å². The number of aromatic carboxylic acids is 1. The number of carboxylic acid groups (broad SMARTS) is 1. The summed E-state index contributed by atoms with van der Waals surface area (Å²) in [5, 5.41) is 27.5. The number of hydrogen-bond acceptors (Lipinski definition) is 15. The Balaban J connectivity index is 0.000000465. The average molecular weight is 1100 g/mol. The van der Waals surface area contributed by atoms with Gasteiger partial charge >= 0.3 is 42.8 Å². The number of isothiocyanates is 2. The average Bonchev–Trinajstić information content (AvgIpc) is 3.39. The third kappa shape index (κ3) is 17.5. The van der Waals surface area contributed by atoms with Gasteiger partial charge in [0.1, 0.15) is 11.2 Å². The molecule has 0 aliphatic carbocycles. The van der Waals surface area contributed by atoms with Crippen LogP contribution < -0.4 is 21.1 Å². The first kappa shape index (κ1) is 58.9. The van der Waals surface area contributed by atoms with Gasteiger partial charge in [0.25, 0.3) is 0 Å². The molecule has 1 N–H and O–H groups in total. The number of fused-ring (bicyclic) bond motifs is 2. The summed E-state index contributed by atoms with van der Waals surface area (Å²) in [7, 11) is 0. The molecular weight excluding hydrogens is 1050 g/mol. The van der Waals surface area contributed by atoms with Gasteiger partial charge in [0.2, 0.25) is 0 Å². The van der Waals surface area contributed by atoms with E-state index >= 15 is 0 Å². The fourth-order valence-corrected chi connectivity index (χ4v) is 7.01. The zero-order valence-electron chi connectivity index (χ0n) is 39.8. The third-order valence-corrected chi connectivity index (χ3v) is 10.4. The van der Waals surface area contributed by atoms with Crippen molar-refractivity contribution in [3.05, 3.63) is 187 Å². The molecule has 0 spiro atoms. The summed E-state index contributed by atoms with van der Waals surface area (Å²) in [6.45, 7) is 11.9. The third-order valence-electron chi connectivity index (χ3n) is 10.4.